The van der Waals surface area contributed by atoms with Crippen LogP contribution in [0.5, 0.6) is 0 Å². The second-order valence-electron chi connectivity index (χ2n) is 3.12. The van der Waals surface area contributed by atoms with E-state index in [0.29, 0.717) is 12.1 Å². The van der Waals surface area contributed by atoms with Crippen LogP contribution in [-0.2, 0) is 4.74 Å². The zero-order valence-corrected chi connectivity index (χ0v) is 8.79. The van der Waals surface area contributed by atoms with Crippen molar-refractivity contribution < 1.29 is 4.74 Å². The second kappa shape index (κ2) is 5.25. The summed E-state index contributed by atoms with van der Waals surface area (Å²) in [6.45, 7) is 4.12. The Bertz CT molecular complexity index is 137. The zero-order valence-electron chi connectivity index (χ0n) is 7.16. The summed E-state index contributed by atoms with van der Waals surface area (Å²) in [4.78, 5) is 2.38. The molecule has 2 atom stereocenters. The number of morpholine rings is 1. The molecule has 74 valence electrons. The van der Waals surface area contributed by atoms with Gasteiger partial charge in [0.05, 0.1) is 12.7 Å². The van der Waals surface area contributed by atoms with Crippen molar-refractivity contribution >= 4 is 24.8 Å². The molecule has 0 bridgehead atoms. The normalized spacial score (nSPS) is 34.8. The van der Waals surface area contributed by atoms with Crippen molar-refractivity contribution in [3.05, 3.63) is 0 Å². The van der Waals surface area contributed by atoms with Crippen LogP contribution in [0.3, 0.4) is 0 Å². The Labute approximate surface area is 85.6 Å². The van der Waals surface area contributed by atoms with E-state index in [1.54, 1.807) is 0 Å². The molecule has 2 aliphatic rings. The van der Waals surface area contributed by atoms with E-state index in [1.165, 1.54) is 0 Å². The molecule has 5 heteroatoms. The van der Waals surface area contributed by atoms with E-state index in [2.05, 4.69) is 17.3 Å². The van der Waals surface area contributed by atoms with Gasteiger partial charge in [0.1, 0.15) is 0 Å². The van der Waals surface area contributed by atoms with Gasteiger partial charge in [-0.05, 0) is 7.05 Å². The van der Waals surface area contributed by atoms with Gasteiger partial charge in [-0.2, -0.15) is 0 Å². The Kier molecular flexibility index (Phi) is 5.45. The molecule has 2 aliphatic heterocycles. The van der Waals surface area contributed by atoms with Crippen LogP contribution >= 0.6 is 24.8 Å². The van der Waals surface area contributed by atoms with E-state index in [-0.39, 0.29) is 24.8 Å². The lowest BCUT2D eigenvalue weighted by Crippen LogP contribution is -2.48. The summed E-state index contributed by atoms with van der Waals surface area (Å²) in [5.74, 6) is 0. The van der Waals surface area contributed by atoms with Crippen LogP contribution in [0.1, 0.15) is 0 Å². The minimum atomic E-state index is 0. The van der Waals surface area contributed by atoms with Crippen LogP contribution in [0.4, 0.5) is 0 Å². The van der Waals surface area contributed by atoms with Crippen LogP contribution in [0, 0.1) is 0 Å². The molecular weight excluding hydrogens is 199 g/mol. The Balaban J connectivity index is 0.000000605. The number of ether oxygens (including phenoxy) is 1. The molecular formula is C7H16Cl2N2O. The van der Waals surface area contributed by atoms with E-state index in [1.807, 2.05) is 0 Å². The third-order valence-electron chi connectivity index (χ3n) is 2.47. The number of halogens is 2. The molecule has 2 saturated heterocycles. The fourth-order valence-electron chi connectivity index (χ4n) is 1.76. The maximum Gasteiger partial charge on any atom is 0.0867 e. The minimum Gasteiger partial charge on any atom is -0.374 e. The Morgan fingerprint density at radius 1 is 1.33 bits per heavy atom. The number of hydrogen-bond acceptors (Lipinski definition) is 3. The molecule has 0 radical (unpaired) electrons. The van der Waals surface area contributed by atoms with Gasteiger partial charge in [-0.3, -0.25) is 4.90 Å². The Morgan fingerprint density at radius 2 is 2.08 bits per heavy atom. The van der Waals surface area contributed by atoms with Gasteiger partial charge < -0.3 is 10.1 Å². The lowest BCUT2D eigenvalue weighted by atomic mass is 10.1. The fourth-order valence-corrected chi connectivity index (χ4v) is 1.76. The van der Waals surface area contributed by atoms with Gasteiger partial charge >= 0.3 is 0 Å². The first kappa shape index (κ1) is 12.5. The summed E-state index contributed by atoms with van der Waals surface area (Å²) in [6, 6.07) is 0.633. The smallest absolute Gasteiger partial charge is 0.0867 e. The summed E-state index contributed by atoms with van der Waals surface area (Å²) in [5, 5.41) is 3.33. The zero-order chi connectivity index (χ0) is 6.97. The second-order valence-corrected chi connectivity index (χ2v) is 3.12. The van der Waals surface area contributed by atoms with Gasteiger partial charge in [0, 0.05) is 25.7 Å². The first-order valence-corrected chi connectivity index (χ1v) is 3.90. The Morgan fingerprint density at radius 3 is 2.75 bits per heavy atom. The highest BCUT2D eigenvalue weighted by Gasteiger charge is 2.33. The fraction of sp³-hybridized carbons (Fsp3) is 1.00. The van der Waals surface area contributed by atoms with Crippen LogP contribution in [0.15, 0.2) is 0 Å². The number of fused-ring (bicyclic) bond motifs is 1. The van der Waals surface area contributed by atoms with Crippen LogP contribution in [-0.4, -0.2) is 50.3 Å². The number of hydrogen-bond donors (Lipinski definition) is 1. The number of rotatable bonds is 0. The molecule has 2 heterocycles. The first-order chi connectivity index (χ1) is 4.88. The van der Waals surface area contributed by atoms with Crippen LogP contribution in [0.25, 0.3) is 0 Å². The summed E-state index contributed by atoms with van der Waals surface area (Å²) < 4.78 is 5.57. The van der Waals surface area contributed by atoms with E-state index in [0.717, 1.165) is 26.2 Å². The largest absolute Gasteiger partial charge is 0.374 e. The first-order valence-electron chi connectivity index (χ1n) is 3.90. The highest BCUT2D eigenvalue weighted by molar-refractivity contribution is 5.85. The van der Waals surface area contributed by atoms with Crippen molar-refractivity contribution in [3.63, 3.8) is 0 Å². The molecule has 0 aromatic rings. The highest BCUT2D eigenvalue weighted by atomic mass is 35.5. The molecule has 0 spiro atoms. The van der Waals surface area contributed by atoms with Crippen LogP contribution < -0.4 is 5.32 Å². The topological polar surface area (TPSA) is 24.5 Å². The molecule has 0 saturated carbocycles. The van der Waals surface area contributed by atoms with Gasteiger partial charge in [0.15, 0.2) is 0 Å². The van der Waals surface area contributed by atoms with E-state index in [4.69, 9.17) is 4.74 Å². The van der Waals surface area contributed by atoms with E-state index < -0.39 is 0 Å². The predicted molar refractivity (Wildman–Crippen MR) is 53.5 cm³/mol. The SMILES string of the molecule is CN1CCO[C@@H]2CNC[C@@H]21.Cl.Cl. The molecule has 12 heavy (non-hydrogen) atoms. The summed E-state index contributed by atoms with van der Waals surface area (Å²) in [5.41, 5.74) is 0. The maximum atomic E-state index is 5.57. The van der Waals surface area contributed by atoms with E-state index >= 15 is 0 Å². The number of likely N-dealkylation sites (N-methyl/N-ethyl adjacent to an activating group) is 1. The quantitative estimate of drug-likeness (QED) is 0.621. The Hall–Kier alpha value is 0.460. The number of nitrogens with zero attached hydrogens (tertiary/aromatic N) is 1. The lowest BCUT2D eigenvalue weighted by molar-refractivity contribution is -0.0363. The maximum absolute atomic E-state index is 5.57. The minimum absolute atomic E-state index is 0. The van der Waals surface area contributed by atoms with Crippen molar-refractivity contribution in [3.8, 4) is 0 Å². The van der Waals surface area contributed by atoms with Gasteiger partial charge in [-0.1, -0.05) is 0 Å². The van der Waals surface area contributed by atoms with Gasteiger partial charge in [-0.25, -0.2) is 0 Å². The molecule has 3 nitrogen and oxygen atoms in total. The van der Waals surface area contributed by atoms with E-state index in [9.17, 15) is 0 Å². The standard InChI is InChI=1S/C7H14N2O.2ClH/c1-9-2-3-10-7-5-8-4-6(7)9;;/h6-8H,2-5H2,1H3;2*1H/t6-,7+;;/m0../s1. The van der Waals surface area contributed by atoms with Crippen molar-refractivity contribution in [2.45, 2.75) is 12.1 Å². The summed E-state index contributed by atoms with van der Waals surface area (Å²) in [7, 11) is 2.17. The molecule has 0 amide bonds. The average molecular weight is 215 g/mol. The highest BCUT2D eigenvalue weighted by Crippen LogP contribution is 2.14. The molecule has 0 unspecified atom stereocenters. The monoisotopic (exact) mass is 214 g/mol. The molecule has 1 N–H and O–H groups in total. The van der Waals surface area contributed by atoms with Crippen molar-refractivity contribution in [1.29, 1.82) is 0 Å². The third kappa shape index (κ3) is 2.24. The van der Waals surface area contributed by atoms with Crippen molar-refractivity contribution in [2.75, 3.05) is 33.3 Å². The number of nitrogens with one attached hydrogen (secondary N) is 1. The van der Waals surface area contributed by atoms with Gasteiger partial charge in [0.2, 0.25) is 0 Å². The van der Waals surface area contributed by atoms with Crippen molar-refractivity contribution in [1.82, 2.24) is 10.2 Å². The van der Waals surface area contributed by atoms with Crippen LogP contribution in [0.2, 0.25) is 0 Å². The predicted octanol–water partition coefficient (Wildman–Crippen LogP) is 0.132. The third-order valence-corrected chi connectivity index (χ3v) is 2.47. The van der Waals surface area contributed by atoms with Gasteiger partial charge in [0.25, 0.3) is 0 Å². The molecule has 2 fully saturated rings. The molecule has 0 aromatic carbocycles. The molecule has 2 rings (SSSR count). The summed E-state index contributed by atoms with van der Waals surface area (Å²) >= 11 is 0. The lowest BCUT2D eigenvalue weighted by Gasteiger charge is -2.33. The summed E-state index contributed by atoms with van der Waals surface area (Å²) in [6.07, 6.45) is 0.457. The average Bonchev–Trinajstić information content (AvgIpc) is 2.36. The van der Waals surface area contributed by atoms with Gasteiger partial charge in [-0.15, -0.1) is 24.8 Å². The molecule has 0 aliphatic carbocycles. The molecule has 0 aromatic heterocycles. The van der Waals surface area contributed by atoms with Crippen molar-refractivity contribution in [2.24, 2.45) is 0 Å².